The fraction of sp³-hybridized carbons (Fsp3) is 0.0556. The molecule has 1 aliphatic heterocycles. The van der Waals surface area contributed by atoms with Crippen LogP contribution < -0.4 is 4.90 Å². The molecule has 0 spiro atoms. The summed E-state index contributed by atoms with van der Waals surface area (Å²) in [6.45, 7) is 0.234. The Labute approximate surface area is 136 Å². The molecule has 0 fully saturated rings. The normalized spacial score (nSPS) is 13.2. The van der Waals surface area contributed by atoms with E-state index in [0.29, 0.717) is 17.3 Å². The molecule has 6 nitrogen and oxygen atoms in total. The lowest BCUT2D eigenvalue weighted by Crippen LogP contribution is -2.26. The van der Waals surface area contributed by atoms with Crippen molar-refractivity contribution in [1.29, 1.82) is 0 Å². The van der Waals surface area contributed by atoms with Gasteiger partial charge in [-0.3, -0.25) is 9.69 Å². The molecule has 116 valence electrons. The predicted octanol–water partition coefficient (Wildman–Crippen LogP) is 3.64. The molecule has 6 heteroatoms. The van der Waals surface area contributed by atoms with Crippen molar-refractivity contribution in [1.82, 2.24) is 10.1 Å². The minimum absolute atomic E-state index is 0.0511. The van der Waals surface area contributed by atoms with Crippen molar-refractivity contribution in [2.24, 2.45) is 0 Å². The van der Waals surface area contributed by atoms with Crippen LogP contribution in [0.25, 0.3) is 22.2 Å². The number of anilines is 1. The molecule has 3 heterocycles. The minimum Gasteiger partial charge on any atom is -0.472 e. The van der Waals surface area contributed by atoms with Crippen molar-refractivity contribution in [2.75, 3.05) is 4.90 Å². The topological polar surface area (TPSA) is 72.4 Å². The van der Waals surface area contributed by atoms with Gasteiger partial charge in [-0.25, -0.2) is 0 Å². The first kappa shape index (κ1) is 13.1. The largest absolute Gasteiger partial charge is 0.472 e. The molecule has 0 radical (unpaired) electrons. The van der Waals surface area contributed by atoms with E-state index < -0.39 is 0 Å². The second kappa shape index (κ2) is 4.79. The second-order valence-corrected chi connectivity index (χ2v) is 5.60. The Hall–Kier alpha value is -3.41. The smallest absolute Gasteiger partial charge is 0.259 e. The Kier molecular flexibility index (Phi) is 2.61. The monoisotopic (exact) mass is 317 g/mol. The molecule has 0 unspecified atom stereocenters. The first-order valence-electron chi connectivity index (χ1n) is 7.50. The lowest BCUT2D eigenvalue weighted by molar-refractivity contribution is 0.0988. The molecule has 0 atom stereocenters. The average molecular weight is 317 g/mol. The van der Waals surface area contributed by atoms with Crippen LogP contribution in [0.4, 0.5) is 5.69 Å². The van der Waals surface area contributed by atoms with Crippen LogP contribution in [0.15, 0.2) is 63.9 Å². The van der Waals surface area contributed by atoms with Crippen molar-refractivity contribution in [3.05, 3.63) is 66.4 Å². The molecule has 0 bridgehead atoms. The van der Waals surface area contributed by atoms with Gasteiger partial charge in [0, 0.05) is 10.9 Å². The third-order valence-corrected chi connectivity index (χ3v) is 4.19. The van der Waals surface area contributed by atoms with Crippen LogP contribution in [-0.2, 0) is 6.54 Å². The van der Waals surface area contributed by atoms with Crippen molar-refractivity contribution >= 4 is 22.4 Å². The maximum Gasteiger partial charge on any atom is 0.259 e. The Morgan fingerprint density at radius 1 is 1.08 bits per heavy atom. The van der Waals surface area contributed by atoms with E-state index in [1.165, 1.54) is 0 Å². The van der Waals surface area contributed by atoms with Gasteiger partial charge in [0.05, 0.1) is 17.5 Å². The van der Waals surface area contributed by atoms with E-state index in [9.17, 15) is 4.79 Å². The van der Waals surface area contributed by atoms with E-state index in [-0.39, 0.29) is 12.5 Å². The van der Waals surface area contributed by atoms with Gasteiger partial charge in [-0.05, 0) is 23.6 Å². The van der Waals surface area contributed by atoms with Gasteiger partial charge in [0.2, 0.25) is 11.7 Å². The first-order valence-corrected chi connectivity index (χ1v) is 7.50. The molecule has 24 heavy (non-hydrogen) atoms. The third kappa shape index (κ3) is 1.80. The summed E-state index contributed by atoms with van der Waals surface area (Å²) in [6.07, 6.45) is 3.10. The molecule has 0 N–H and O–H groups in total. The molecule has 1 amide bonds. The number of hydrogen-bond donors (Lipinski definition) is 0. The Morgan fingerprint density at radius 2 is 1.96 bits per heavy atom. The quantitative estimate of drug-likeness (QED) is 0.577. The summed E-state index contributed by atoms with van der Waals surface area (Å²) in [7, 11) is 0. The highest BCUT2D eigenvalue weighted by Gasteiger charge is 2.30. The SMILES string of the molecule is O=C1c2cccc3cccc(c23)N1Cc1nc(-c2ccoc2)no1. The number of aromatic nitrogens is 2. The lowest BCUT2D eigenvalue weighted by atomic mass is 10.1. The van der Waals surface area contributed by atoms with Gasteiger partial charge in [0.25, 0.3) is 5.91 Å². The summed E-state index contributed by atoms with van der Waals surface area (Å²) in [5.41, 5.74) is 2.32. The van der Waals surface area contributed by atoms with Crippen LogP contribution >= 0.6 is 0 Å². The zero-order chi connectivity index (χ0) is 16.1. The molecule has 2 aromatic carbocycles. The van der Waals surface area contributed by atoms with Crippen LogP contribution in [0.5, 0.6) is 0 Å². The summed E-state index contributed by atoms with van der Waals surface area (Å²) in [4.78, 5) is 18.8. The summed E-state index contributed by atoms with van der Waals surface area (Å²) in [6, 6.07) is 13.4. The number of hydrogen-bond acceptors (Lipinski definition) is 5. The Morgan fingerprint density at radius 3 is 2.79 bits per heavy atom. The molecular formula is C18H11N3O3. The summed E-state index contributed by atoms with van der Waals surface area (Å²) >= 11 is 0. The number of rotatable bonds is 3. The van der Waals surface area contributed by atoms with E-state index in [1.54, 1.807) is 23.5 Å². The molecule has 4 aromatic rings. The fourth-order valence-corrected chi connectivity index (χ4v) is 3.10. The maximum absolute atomic E-state index is 12.7. The number of carbonyl (C=O) groups is 1. The first-order chi connectivity index (χ1) is 11.8. The number of benzene rings is 2. The standard InChI is InChI=1S/C18H11N3O3/c22-18-13-5-1-3-11-4-2-6-14(16(11)13)21(18)9-15-19-17(20-24-15)12-7-8-23-10-12/h1-8,10H,9H2. The van der Waals surface area contributed by atoms with Crippen molar-refractivity contribution < 1.29 is 13.7 Å². The van der Waals surface area contributed by atoms with Crippen LogP contribution in [-0.4, -0.2) is 16.0 Å². The molecular weight excluding hydrogens is 306 g/mol. The fourth-order valence-electron chi connectivity index (χ4n) is 3.10. The van der Waals surface area contributed by atoms with E-state index >= 15 is 0 Å². The molecule has 0 saturated carbocycles. The van der Waals surface area contributed by atoms with Crippen molar-refractivity contribution in [2.45, 2.75) is 6.54 Å². The number of furan rings is 1. The molecule has 2 aromatic heterocycles. The molecule has 0 aliphatic carbocycles. The van der Waals surface area contributed by atoms with E-state index in [4.69, 9.17) is 8.94 Å². The van der Waals surface area contributed by atoms with Crippen LogP contribution in [0, 0.1) is 0 Å². The highest BCUT2D eigenvalue weighted by molar-refractivity contribution is 6.24. The summed E-state index contributed by atoms with van der Waals surface area (Å²) in [5.74, 6) is 0.773. The molecule has 0 saturated heterocycles. The third-order valence-electron chi connectivity index (χ3n) is 4.19. The van der Waals surface area contributed by atoms with Crippen LogP contribution in [0.2, 0.25) is 0 Å². The van der Waals surface area contributed by atoms with Gasteiger partial charge in [0.15, 0.2) is 0 Å². The van der Waals surface area contributed by atoms with Gasteiger partial charge < -0.3 is 8.94 Å². The maximum atomic E-state index is 12.7. The van der Waals surface area contributed by atoms with Gasteiger partial charge in [0.1, 0.15) is 12.8 Å². The Bertz CT molecular complexity index is 1060. The van der Waals surface area contributed by atoms with Crippen LogP contribution in [0.1, 0.15) is 16.2 Å². The van der Waals surface area contributed by atoms with Crippen molar-refractivity contribution in [3.8, 4) is 11.4 Å². The van der Waals surface area contributed by atoms with Gasteiger partial charge >= 0.3 is 0 Å². The summed E-state index contributed by atoms with van der Waals surface area (Å²) in [5, 5.41) is 5.96. The highest BCUT2D eigenvalue weighted by atomic mass is 16.5. The number of carbonyl (C=O) groups excluding carboxylic acids is 1. The molecule has 5 rings (SSSR count). The van der Waals surface area contributed by atoms with Crippen LogP contribution in [0.3, 0.4) is 0 Å². The lowest BCUT2D eigenvalue weighted by Gasteiger charge is -2.14. The van der Waals surface area contributed by atoms with Gasteiger partial charge in [-0.2, -0.15) is 4.98 Å². The van der Waals surface area contributed by atoms with E-state index in [1.807, 2.05) is 36.4 Å². The van der Waals surface area contributed by atoms with Crippen molar-refractivity contribution in [3.63, 3.8) is 0 Å². The zero-order valence-corrected chi connectivity index (χ0v) is 12.5. The van der Waals surface area contributed by atoms with Gasteiger partial charge in [-0.15, -0.1) is 0 Å². The number of nitrogens with zero attached hydrogens (tertiary/aromatic N) is 3. The van der Waals surface area contributed by atoms with E-state index in [0.717, 1.165) is 22.0 Å². The van der Waals surface area contributed by atoms with Gasteiger partial charge in [-0.1, -0.05) is 29.4 Å². The predicted molar refractivity (Wildman–Crippen MR) is 86.5 cm³/mol. The zero-order valence-electron chi connectivity index (χ0n) is 12.5. The summed E-state index contributed by atoms with van der Waals surface area (Å²) < 4.78 is 10.3. The molecule has 1 aliphatic rings. The second-order valence-electron chi connectivity index (χ2n) is 5.60. The average Bonchev–Trinajstić information content (AvgIpc) is 3.33. The minimum atomic E-state index is -0.0511. The number of amides is 1. The highest BCUT2D eigenvalue weighted by Crippen LogP contribution is 2.37. The Balaban J connectivity index is 1.53. The van der Waals surface area contributed by atoms with E-state index in [2.05, 4.69) is 10.1 Å².